The largest absolute Gasteiger partial charge is 0.460 e. The molecule has 0 fully saturated rings. The van der Waals surface area contributed by atoms with Gasteiger partial charge in [-0.2, -0.15) is 5.10 Å². The molecular weight excluding hydrogens is 318 g/mol. The van der Waals surface area contributed by atoms with Crippen LogP contribution in [0.2, 0.25) is 0 Å². The van der Waals surface area contributed by atoms with Gasteiger partial charge in [0.25, 0.3) is 0 Å². The maximum Gasteiger partial charge on any atom is 0.156 e. The van der Waals surface area contributed by atoms with Gasteiger partial charge in [0.15, 0.2) is 11.5 Å². The van der Waals surface area contributed by atoms with Crippen LogP contribution in [0.4, 0.5) is 5.69 Å². The Labute approximate surface area is 125 Å². The Balaban J connectivity index is 1.89. The van der Waals surface area contributed by atoms with Crippen molar-refractivity contribution in [2.45, 2.75) is 13.5 Å². The first-order valence-electron chi connectivity index (χ1n) is 6.26. The monoisotopic (exact) mass is 331 g/mol. The summed E-state index contributed by atoms with van der Waals surface area (Å²) in [5.74, 6) is 1.55. The van der Waals surface area contributed by atoms with Gasteiger partial charge in [-0.25, -0.2) is 0 Å². The zero-order chi connectivity index (χ0) is 14.1. The number of benzene rings is 1. The number of furan rings is 1. The summed E-state index contributed by atoms with van der Waals surface area (Å²) in [4.78, 5) is 0. The molecule has 5 heteroatoms. The summed E-state index contributed by atoms with van der Waals surface area (Å²) < 4.78 is 8.45. The standard InChI is InChI=1S/C15H14BrN3O/c1-10-5-6-14(20-10)15-13(17)9-19(18-15)8-11-3-2-4-12(16)7-11/h2-7,9H,8,17H2,1H3. The Morgan fingerprint density at radius 1 is 1.30 bits per heavy atom. The summed E-state index contributed by atoms with van der Waals surface area (Å²) in [7, 11) is 0. The lowest BCUT2D eigenvalue weighted by Gasteiger charge is -2.02. The van der Waals surface area contributed by atoms with E-state index < -0.39 is 0 Å². The molecule has 2 N–H and O–H groups in total. The minimum absolute atomic E-state index is 0.620. The summed E-state index contributed by atoms with van der Waals surface area (Å²) in [6, 6.07) is 11.9. The molecule has 0 amide bonds. The number of aryl methyl sites for hydroxylation is 1. The lowest BCUT2D eigenvalue weighted by molar-refractivity contribution is 0.544. The summed E-state index contributed by atoms with van der Waals surface area (Å²) in [5.41, 5.74) is 8.48. The van der Waals surface area contributed by atoms with E-state index in [9.17, 15) is 0 Å². The lowest BCUT2D eigenvalue weighted by Crippen LogP contribution is -2.00. The molecule has 4 nitrogen and oxygen atoms in total. The third-order valence-corrected chi connectivity index (χ3v) is 3.49. The Morgan fingerprint density at radius 3 is 2.85 bits per heavy atom. The van der Waals surface area contributed by atoms with Crippen LogP contribution >= 0.6 is 15.9 Å². The van der Waals surface area contributed by atoms with Gasteiger partial charge >= 0.3 is 0 Å². The van der Waals surface area contributed by atoms with Crippen molar-refractivity contribution in [2.24, 2.45) is 0 Å². The van der Waals surface area contributed by atoms with Crippen LogP contribution in [0.5, 0.6) is 0 Å². The fourth-order valence-corrected chi connectivity index (χ4v) is 2.54. The number of anilines is 1. The summed E-state index contributed by atoms with van der Waals surface area (Å²) in [6.45, 7) is 2.57. The van der Waals surface area contributed by atoms with E-state index >= 15 is 0 Å². The summed E-state index contributed by atoms with van der Waals surface area (Å²) in [5, 5.41) is 4.50. The SMILES string of the molecule is Cc1ccc(-c2nn(Cc3cccc(Br)c3)cc2N)o1. The van der Waals surface area contributed by atoms with Gasteiger partial charge < -0.3 is 10.2 Å². The second kappa shape index (κ2) is 5.17. The van der Waals surface area contributed by atoms with Crippen molar-refractivity contribution in [3.63, 3.8) is 0 Å². The average molecular weight is 332 g/mol. The molecule has 0 saturated carbocycles. The van der Waals surface area contributed by atoms with Gasteiger partial charge in [0.1, 0.15) is 5.76 Å². The van der Waals surface area contributed by atoms with E-state index in [1.807, 2.05) is 42.1 Å². The average Bonchev–Trinajstić information content (AvgIpc) is 2.96. The van der Waals surface area contributed by atoms with Gasteiger partial charge in [0.05, 0.1) is 12.2 Å². The molecule has 2 aromatic heterocycles. The van der Waals surface area contributed by atoms with Gasteiger partial charge in [0, 0.05) is 10.7 Å². The number of hydrogen-bond donors (Lipinski definition) is 1. The van der Waals surface area contributed by atoms with Crippen LogP contribution in [-0.2, 0) is 6.54 Å². The van der Waals surface area contributed by atoms with Crippen molar-refractivity contribution >= 4 is 21.6 Å². The highest BCUT2D eigenvalue weighted by atomic mass is 79.9. The van der Waals surface area contributed by atoms with Crippen LogP contribution in [0.25, 0.3) is 11.5 Å². The Bertz CT molecular complexity index is 745. The highest BCUT2D eigenvalue weighted by Gasteiger charge is 2.12. The number of rotatable bonds is 3. The molecule has 2 heterocycles. The molecule has 0 unspecified atom stereocenters. The highest BCUT2D eigenvalue weighted by Crippen LogP contribution is 2.26. The summed E-state index contributed by atoms with van der Waals surface area (Å²) >= 11 is 3.47. The normalized spacial score (nSPS) is 10.9. The zero-order valence-electron chi connectivity index (χ0n) is 11.0. The van der Waals surface area contributed by atoms with Crippen molar-refractivity contribution in [3.8, 4) is 11.5 Å². The van der Waals surface area contributed by atoms with Gasteiger partial charge in [-0.1, -0.05) is 28.1 Å². The van der Waals surface area contributed by atoms with E-state index in [1.165, 1.54) is 0 Å². The van der Waals surface area contributed by atoms with Gasteiger partial charge in [-0.3, -0.25) is 4.68 Å². The van der Waals surface area contributed by atoms with E-state index in [1.54, 1.807) is 0 Å². The first kappa shape index (κ1) is 13.0. The molecule has 1 aromatic carbocycles. The van der Waals surface area contributed by atoms with Crippen LogP contribution < -0.4 is 5.73 Å². The minimum atomic E-state index is 0.620. The first-order valence-corrected chi connectivity index (χ1v) is 7.05. The van der Waals surface area contributed by atoms with E-state index in [4.69, 9.17) is 10.2 Å². The van der Waals surface area contributed by atoms with Crippen LogP contribution in [0.15, 0.2) is 51.5 Å². The third kappa shape index (κ3) is 2.63. The van der Waals surface area contributed by atoms with Crippen LogP contribution in [-0.4, -0.2) is 9.78 Å². The molecule has 0 atom stereocenters. The van der Waals surface area contributed by atoms with Crippen molar-refractivity contribution < 1.29 is 4.42 Å². The van der Waals surface area contributed by atoms with Gasteiger partial charge in [-0.05, 0) is 36.8 Å². The molecule has 3 rings (SSSR count). The molecule has 20 heavy (non-hydrogen) atoms. The first-order chi connectivity index (χ1) is 9.61. The Kier molecular flexibility index (Phi) is 3.36. The predicted octanol–water partition coefficient (Wildman–Crippen LogP) is 3.84. The molecule has 0 radical (unpaired) electrons. The number of halogens is 1. The highest BCUT2D eigenvalue weighted by molar-refractivity contribution is 9.10. The second-order valence-corrected chi connectivity index (χ2v) is 5.59. The number of hydrogen-bond acceptors (Lipinski definition) is 3. The maximum atomic E-state index is 6.01. The fraction of sp³-hybridized carbons (Fsp3) is 0.133. The Morgan fingerprint density at radius 2 is 2.15 bits per heavy atom. The van der Waals surface area contributed by atoms with E-state index in [2.05, 4.69) is 33.2 Å². The minimum Gasteiger partial charge on any atom is -0.460 e. The molecule has 0 aliphatic rings. The molecule has 0 spiro atoms. The van der Waals surface area contributed by atoms with Gasteiger partial charge in [-0.15, -0.1) is 0 Å². The third-order valence-electron chi connectivity index (χ3n) is 3.00. The van der Waals surface area contributed by atoms with Crippen molar-refractivity contribution in [1.29, 1.82) is 0 Å². The van der Waals surface area contributed by atoms with E-state index in [0.29, 0.717) is 23.7 Å². The van der Waals surface area contributed by atoms with E-state index in [-0.39, 0.29) is 0 Å². The van der Waals surface area contributed by atoms with E-state index in [0.717, 1.165) is 15.8 Å². The topological polar surface area (TPSA) is 57.0 Å². The molecule has 0 bridgehead atoms. The molecule has 0 aliphatic heterocycles. The summed E-state index contributed by atoms with van der Waals surface area (Å²) in [6.07, 6.45) is 1.83. The molecule has 102 valence electrons. The fourth-order valence-electron chi connectivity index (χ4n) is 2.09. The Hall–Kier alpha value is -2.01. The maximum absolute atomic E-state index is 6.01. The number of nitrogens with two attached hydrogens (primary N) is 1. The van der Waals surface area contributed by atoms with Crippen molar-refractivity contribution in [3.05, 3.63) is 58.4 Å². The molecule has 3 aromatic rings. The van der Waals surface area contributed by atoms with Crippen molar-refractivity contribution in [1.82, 2.24) is 9.78 Å². The molecule has 0 saturated heterocycles. The van der Waals surface area contributed by atoms with Crippen LogP contribution in [0.3, 0.4) is 0 Å². The van der Waals surface area contributed by atoms with Crippen molar-refractivity contribution in [2.75, 3.05) is 5.73 Å². The smallest absolute Gasteiger partial charge is 0.156 e. The lowest BCUT2D eigenvalue weighted by atomic mass is 10.2. The molecular formula is C15H14BrN3O. The second-order valence-electron chi connectivity index (χ2n) is 4.67. The predicted molar refractivity (Wildman–Crippen MR) is 82.3 cm³/mol. The number of nitrogens with zero attached hydrogens (tertiary/aromatic N) is 2. The quantitative estimate of drug-likeness (QED) is 0.793. The number of aromatic nitrogens is 2. The van der Waals surface area contributed by atoms with Crippen LogP contribution in [0.1, 0.15) is 11.3 Å². The van der Waals surface area contributed by atoms with Crippen LogP contribution in [0, 0.1) is 6.92 Å². The molecule has 0 aliphatic carbocycles. The number of nitrogen functional groups attached to an aromatic ring is 1. The van der Waals surface area contributed by atoms with Gasteiger partial charge in [0.2, 0.25) is 0 Å². The zero-order valence-corrected chi connectivity index (χ0v) is 12.6.